The van der Waals surface area contributed by atoms with Crippen molar-refractivity contribution in [1.82, 2.24) is 4.90 Å². The fourth-order valence-electron chi connectivity index (χ4n) is 4.89. The average molecular weight is 392 g/mol. The maximum absolute atomic E-state index is 13.8. The summed E-state index contributed by atoms with van der Waals surface area (Å²) in [6.45, 7) is 4.76. The van der Waals surface area contributed by atoms with Crippen molar-refractivity contribution in [3.05, 3.63) is 23.8 Å². The number of aliphatic hydroxyl groups is 2. The first-order valence-corrected chi connectivity index (χ1v) is 10.1. The summed E-state index contributed by atoms with van der Waals surface area (Å²) in [7, 11) is 3.19. The fourth-order valence-corrected chi connectivity index (χ4v) is 4.89. The number of carbonyl (C=O) groups is 1. The van der Waals surface area contributed by atoms with Crippen LogP contribution in [0.2, 0.25) is 0 Å². The first-order valence-electron chi connectivity index (χ1n) is 10.1. The number of benzene rings is 1. The van der Waals surface area contributed by atoms with Crippen molar-refractivity contribution >= 4 is 5.91 Å². The molecule has 1 saturated carbocycles. The molecule has 156 valence electrons. The molecule has 2 fully saturated rings. The van der Waals surface area contributed by atoms with Crippen LogP contribution in [0.25, 0.3) is 0 Å². The summed E-state index contributed by atoms with van der Waals surface area (Å²) in [4.78, 5) is 15.6. The van der Waals surface area contributed by atoms with Crippen LogP contribution in [0, 0.1) is 5.41 Å². The molecule has 0 aromatic heterocycles. The molecule has 0 unspecified atom stereocenters. The van der Waals surface area contributed by atoms with Gasteiger partial charge in [-0.15, -0.1) is 0 Å². The number of nitrogens with zero attached hydrogens (tertiary/aromatic N) is 1. The third-order valence-corrected chi connectivity index (χ3v) is 6.32. The van der Waals surface area contributed by atoms with E-state index in [9.17, 15) is 15.0 Å². The van der Waals surface area contributed by atoms with Gasteiger partial charge in [0.05, 0.1) is 31.8 Å². The van der Waals surface area contributed by atoms with Crippen LogP contribution in [0.5, 0.6) is 11.5 Å². The number of hydrogen-bond donors (Lipinski definition) is 2. The van der Waals surface area contributed by atoms with Gasteiger partial charge in [0.2, 0.25) is 5.91 Å². The first-order chi connectivity index (χ1) is 13.2. The van der Waals surface area contributed by atoms with Crippen molar-refractivity contribution in [2.75, 3.05) is 27.3 Å². The lowest BCUT2D eigenvalue weighted by atomic mass is 9.77. The summed E-state index contributed by atoms with van der Waals surface area (Å²) in [6.07, 6.45) is 2.27. The summed E-state index contributed by atoms with van der Waals surface area (Å²) in [6, 6.07) is 5.72. The maximum atomic E-state index is 13.8. The van der Waals surface area contributed by atoms with E-state index in [4.69, 9.17) is 9.47 Å². The monoisotopic (exact) mass is 391 g/mol. The van der Waals surface area contributed by atoms with E-state index in [1.54, 1.807) is 19.1 Å². The van der Waals surface area contributed by atoms with E-state index in [-0.39, 0.29) is 17.9 Å². The minimum absolute atomic E-state index is 0.0402. The molecule has 2 N–H and O–H groups in total. The Kier molecular flexibility index (Phi) is 5.92. The summed E-state index contributed by atoms with van der Waals surface area (Å²) in [5, 5.41) is 20.6. The van der Waals surface area contributed by atoms with Gasteiger partial charge in [-0.3, -0.25) is 4.79 Å². The van der Waals surface area contributed by atoms with Crippen molar-refractivity contribution in [3.8, 4) is 11.5 Å². The highest BCUT2D eigenvalue weighted by Gasteiger charge is 2.47. The van der Waals surface area contributed by atoms with Crippen LogP contribution in [0.1, 0.15) is 51.5 Å². The second-order valence-corrected chi connectivity index (χ2v) is 9.05. The van der Waals surface area contributed by atoms with Crippen LogP contribution in [0.3, 0.4) is 0 Å². The Labute approximate surface area is 167 Å². The Morgan fingerprint density at radius 2 is 1.71 bits per heavy atom. The van der Waals surface area contributed by atoms with Crippen molar-refractivity contribution in [3.63, 3.8) is 0 Å². The van der Waals surface area contributed by atoms with Crippen molar-refractivity contribution in [2.45, 2.75) is 63.6 Å². The molecule has 0 spiro atoms. The van der Waals surface area contributed by atoms with Crippen molar-refractivity contribution in [2.24, 2.45) is 5.41 Å². The van der Waals surface area contributed by atoms with Crippen LogP contribution in [0.4, 0.5) is 0 Å². The lowest BCUT2D eigenvalue weighted by molar-refractivity contribution is -0.139. The lowest BCUT2D eigenvalue weighted by Gasteiger charge is -2.37. The number of rotatable bonds is 4. The predicted octanol–water partition coefficient (Wildman–Crippen LogP) is 2.50. The highest BCUT2D eigenvalue weighted by atomic mass is 16.5. The summed E-state index contributed by atoms with van der Waals surface area (Å²) < 4.78 is 10.8. The number of amides is 1. The Bertz CT molecular complexity index is 711. The zero-order valence-corrected chi connectivity index (χ0v) is 17.4. The minimum atomic E-state index is -0.922. The molecule has 1 aliphatic carbocycles. The van der Waals surface area contributed by atoms with Crippen LogP contribution in [-0.2, 0) is 10.2 Å². The molecular formula is C22H33NO5. The van der Waals surface area contributed by atoms with E-state index in [0.29, 0.717) is 24.5 Å². The number of likely N-dealkylation sites (tertiary alicyclic amines) is 1. The van der Waals surface area contributed by atoms with E-state index in [0.717, 1.165) is 31.2 Å². The van der Waals surface area contributed by atoms with E-state index in [1.807, 2.05) is 32.0 Å². The largest absolute Gasteiger partial charge is 0.493 e. The number of carbonyl (C=O) groups excluding carboxylic acids is 1. The molecule has 0 radical (unpaired) electrons. The number of aliphatic hydroxyl groups excluding tert-OH is 2. The summed E-state index contributed by atoms with van der Waals surface area (Å²) >= 11 is 0. The van der Waals surface area contributed by atoms with E-state index in [2.05, 4.69) is 0 Å². The zero-order chi connectivity index (χ0) is 20.5. The van der Waals surface area contributed by atoms with Crippen LogP contribution >= 0.6 is 0 Å². The van der Waals surface area contributed by atoms with Gasteiger partial charge in [0.1, 0.15) is 0 Å². The van der Waals surface area contributed by atoms with Gasteiger partial charge in [-0.05, 0) is 42.4 Å². The maximum Gasteiger partial charge on any atom is 0.233 e. The smallest absolute Gasteiger partial charge is 0.233 e. The van der Waals surface area contributed by atoms with Gasteiger partial charge in [-0.25, -0.2) is 0 Å². The summed E-state index contributed by atoms with van der Waals surface area (Å²) in [5.41, 5.74) is 0.0546. The minimum Gasteiger partial charge on any atom is -0.493 e. The SMILES string of the molecule is COc1ccc(C2(C(=O)N3C[C@@H](O)[C@@H](O)CC(C)(C)C3)CCCC2)cc1OC. The number of β-amino-alcohol motifs (C(OH)–C–C–N with tert-alkyl or cyclic N) is 1. The van der Waals surface area contributed by atoms with Crippen LogP contribution < -0.4 is 9.47 Å². The van der Waals surface area contributed by atoms with Crippen molar-refractivity contribution < 1.29 is 24.5 Å². The average Bonchev–Trinajstić information content (AvgIpc) is 3.12. The molecule has 1 amide bonds. The quantitative estimate of drug-likeness (QED) is 0.824. The molecule has 1 saturated heterocycles. The Hall–Kier alpha value is -1.79. The zero-order valence-electron chi connectivity index (χ0n) is 17.4. The van der Waals surface area contributed by atoms with Gasteiger partial charge in [0.25, 0.3) is 0 Å². The lowest BCUT2D eigenvalue weighted by Crippen LogP contribution is -2.50. The molecule has 3 rings (SSSR count). The number of ether oxygens (including phenoxy) is 2. The van der Waals surface area contributed by atoms with Crippen molar-refractivity contribution in [1.29, 1.82) is 0 Å². The molecule has 0 bridgehead atoms. The molecule has 1 aromatic carbocycles. The van der Waals surface area contributed by atoms with E-state index >= 15 is 0 Å². The number of methoxy groups -OCH3 is 2. The van der Waals surface area contributed by atoms with Gasteiger partial charge in [0.15, 0.2) is 11.5 Å². The third-order valence-electron chi connectivity index (χ3n) is 6.32. The van der Waals surface area contributed by atoms with Gasteiger partial charge in [-0.1, -0.05) is 32.8 Å². The van der Waals surface area contributed by atoms with Gasteiger partial charge < -0.3 is 24.6 Å². The highest BCUT2D eigenvalue weighted by molar-refractivity contribution is 5.89. The van der Waals surface area contributed by atoms with Crippen LogP contribution in [-0.4, -0.2) is 60.5 Å². The second-order valence-electron chi connectivity index (χ2n) is 9.05. The van der Waals surface area contributed by atoms with E-state index in [1.165, 1.54) is 0 Å². The normalized spacial score (nSPS) is 26.6. The van der Waals surface area contributed by atoms with E-state index < -0.39 is 17.6 Å². The Balaban J connectivity index is 1.98. The molecule has 2 atom stereocenters. The third kappa shape index (κ3) is 3.85. The fraction of sp³-hybridized carbons (Fsp3) is 0.682. The summed E-state index contributed by atoms with van der Waals surface area (Å²) in [5.74, 6) is 1.30. The first kappa shape index (κ1) is 20.9. The molecule has 2 aliphatic rings. The van der Waals surface area contributed by atoms with Gasteiger partial charge in [0, 0.05) is 13.1 Å². The van der Waals surface area contributed by atoms with Gasteiger partial charge >= 0.3 is 0 Å². The Morgan fingerprint density at radius 3 is 2.32 bits per heavy atom. The standard InChI is InChI=1S/C22H33NO5/c1-21(2)12-16(24)17(25)13-23(14-21)20(26)22(9-5-6-10-22)15-7-8-18(27-3)19(11-15)28-4/h7-8,11,16-17,24-25H,5-6,9-10,12-14H2,1-4H3/t16-,17+/m0/s1. The highest BCUT2D eigenvalue weighted by Crippen LogP contribution is 2.45. The van der Waals surface area contributed by atoms with Gasteiger partial charge in [-0.2, -0.15) is 0 Å². The van der Waals surface area contributed by atoms with Crippen LogP contribution in [0.15, 0.2) is 18.2 Å². The molecule has 6 heteroatoms. The molecular weight excluding hydrogens is 358 g/mol. The molecule has 1 aliphatic heterocycles. The molecule has 1 aromatic rings. The number of hydrogen-bond acceptors (Lipinski definition) is 5. The predicted molar refractivity (Wildman–Crippen MR) is 107 cm³/mol. The molecule has 6 nitrogen and oxygen atoms in total. The second kappa shape index (κ2) is 7.91. The molecule has 28 heavy (non-hydrogen) atoms. The topological polar surface area (TPSA) is 79.2 Å². The molecule has 1 heterocycles. The Morgan fingerprint density at radius 1 is 1.07 bits per heavy atom.